The monoisotopic (exact) mass is 439 g/mol. The SMILES string of the molecule is CC[C@@H](Nc1nc(N)nc2nc[nH]c12)c1cc2cccc(C)c2c(=O)n1-c1ccccc1C. The molecule has 0 spiro atoms. The van der Waals surface area contributed by atoms with Crippen molar-refractivity contribution < 1.29 is 0 Å². The summed E-state index contributed by atoms with van der Waals surface area (Å²) in [6.07, 6.45) is 2.27. The highest BCUT2D eigenvalue weighted by Gasteiger charge is 2.22. The van der Waals surface area contributed by atoms with Crippen molar-refractivity contribution in [2.45, 2.75) is 33.2 Å². The van der Waals surface area contributed by atoms with Crippen LogP contribution < -0.4 is 16.6 Å². The number of hydrogen-bond donors (Lipinski definition) is 3. The molecule has 0 unspecified atom stereocenters. The molecule has 0 saturated heterocycles. The minimum atomic E-state index is -0.219. The number of hydrogen-bond acceptors (Lipinski definition) is 6. The number of aromatic amines is 1. The smallest absolute Gasteiger partial charge is 0.263 e. The van der Waals surface area contributed by atoms with E-state index >= 15 is 0 Å². The van der Waals surface area contributed by atoms with Crippen LogP contribution in [-0.2, 0) is 0 Å². The van der Waals surface area contributed by atoms with Crippen molar-refractivity contribution in [3.05, 3.63) is 82.0 Å². The summed E-state index contributed by atoms with van der Waals surface area (Å²) in [4.78, 5) is 29.8. The number of nitrogens with one attached hydrogen (secondary N) is 2. The summed E-state index contributed by atoms with van der Waals surface area (Å²) in [6.45, 7) is 6.06. The molecule has 0 aliphatic carbocycles. The first-order valence-corrected chi connectivity index (χ1v) is 10.9. The number of nitrogen functional groups attached to an aromatic ring is 1. The molecule has 166 valence electrons. The van der Waals surface area contributed by atoms with E-state index in [9.17, 15) is 4.79 Å². The lowest BCUT2D eigenvalue weighted by Crippen LogP contribution is -2.27. The van der Waals surface area contributed by atoms with Gasteiger partial charge in [0, 0.05) is 5.69 Å². The number of rotatable bonds is 5. The molecule has 0 bridgehead atoms. The van der Waals surface area contributed by atoms with E-state index < -0.39 is 0 Å². The van der Waals surface area contributed by atoms with Crippen molar-refractivity contribution in [1.29, 1.82) is 0 Å². The molecule has 0 saturated carbocycles. The van der Waals surface area contributed by atoms with Gasteiger partial charge in [0.05, 0.1) is 23.4 Å². The number of anilines is 2. The zero-order chi connectivity index (χ0) is 23.1. The van der Waals surface area contributed by atoms with E-state index in [1.54, 1.807) is 6.33 Å². The van der Waals surface area contributed by atoms with Gasteiger partial charge in [-0.2, -0.15) is 9.97 Å². The van der Waals surface area contributed by atoms with E-state index in [0.29, 0.717) is 23.4 Å². The Balaban J connectivity index is 1.77. The second-order valence-corrected chi connectivity index (χ2v) is 8.17. The summed E-state index contributed by atoms with van der Waals surface area (Å²) in [5.41, 5.74) is 10.7. The third kappa shape index (κ3) is 3.49. The van der Waals surface area contributed by atoms with E-state index in [2.05, 4.69) is 38.2 Å². The van der Waals surface area contributed by atoms with Crippen molar-refractivity contribution >= 4 is 33.7 Å². The lowest BCUT2D eigenvalue weighted by atomic mass is 10.0. The maximum Gasteiger partial charge on any atom is 0.263 e. The Labute approximate surface area is 190 Å². The summed E-state index contributed by atoms with van der Waals surface area (Å²) in [5, 5.41) is 5.12. The first-order chi connectivity index (χ1) is 16.0. The molecule has 0 aliphatic heterocycles. The number of imidazole rings is 1. The Kier molecular flexibility index (Phi) is 5.05. The molecule has 0 radical (unpaired) electrons. The molecular formula is C25H25N7O. The molecule has 3 heterocycles. The van der Waals surface area contributed by atoms with Crippen LogP contribution in [0, 0.1) is 13.8 Å². The van der Waals surface area contributed by atoms with Gasteiger partial charge in [0.15, 0.2) is 11.5 Å². The molecule has 8 nitrogen and oxygen atoms in total. The molecule has 4 N–H and O–H groups in total. The molecule has 0 aliphatic rings. The molecule has 8 heteroatoms. The van der Waals surface area contributed by atoms with Gasteiger partial charge in [-0.25, -0.2) is 4.98 Å². The van der Waals surface area contributed by atoms with Crippen molar-refractivity contribution in [3.63, 3.8) is 0 Å². The molecule has 33 heavy (non-hydrogen) atoms. The number of H-pyrrole nitrogens is 1. The van der Waals surface area contributed by atoms with Gasteiger partial charge in [-0.05, 0) is 48.9 Å². The first-order valence-electron chi connectivity index (χ1n) is 10.9. The minimum Gasteiger partial charge on any atom is -0.368 e. The molecule has 5 aromatic rings. The molecule has 2 aromatic carbocycles. The average molecular weight is 440 g/mol. The highest BCUT2D eigenvalue weighted by atomic mass is 16.1. The molecular weight excluding hydrogens is 414 g/mol. The van der Waals surface area contributed by atoms with Gasteiger partial charge in [-0.3, -0.25) is 9.36 Å². The standard InChI is InChI=1S/C25H25N7O/c1-4-17(29-23-21-22(28-13-27-21)30-25(26)31-23)19-12-16-10-7-9-15(3)20(16)24(33)32(19)18-11-6-5-8-14(18)2/h5-13,17H,4H2,1-3H3,(H4,26,27,28,29,30,31)/t17-/m1/s1. The fourth-order valence-electron chi connectivity index (χ4n) is 4.38. The van der Waals surface area contributed by atoms with Gasteiger partial charge in [0.2, 0.25) is 5.95 Å². The van der Waals surface area contributed by atoms with Gasteiger partial charge in [-0.1, -0.05) is 43.3 Å². The number of aromatic nitrogens is 5. The number of aryl methyl sites for hydroxylation is 2. The van der Waals surface area contributed by atoms with E-state index in [4.69, 9.17) is 5.73 Å². The average Bonchev–Trinajstić information content (AvgIpc) is 3.26. The predicted octanol–water partition coefficient (Wildman–Crippen LogP) is 4.42. The van der Waals surface area contributed by atoms with Crippen molar-refractivity contribution in [2.75, 3.05) is 11.1 Å². The lowest BCUT2D eigenvalue weighted by Gasteiger charge is -2.24. The quantitative estimate of drug-likeness (QED) is 0.373. The number of pyridine rings is 1. The number of para-hydroxylation sites is 1. The molecule has 0 amide bonds. The largest absolute Gasteiger partial charge is 0.368 e. The van der Waals surface area contributed by atoms with E-state index in [1.165, 1.54) is 0 Å². The third-order valence-corrected chi connectivity index (χ3v) is 6.02. The summed E-state index contributed by atoms with van der Waals surface area (Å²) in [5.74, 6) is 0.687. The van der Waals surface area contributed by atoms with Gasteiger partial charge < -0.3 is 16.0 Å². The number of fused-ring (bicyclic) bond motifs is 2. The molecule has 1 atom stereocenters. The van der Waals surface area contributed by atoms with Crippen LogP contribution in [-0.4, -0.2) is 24.5 Å². The normalized spacial score (nSPS) is 12.3. The fourth-order valence-corrected chi connectivity index (χ4v) is 4.38. The fraction of sp³-hybridized carbons (Fsp3) is 0.200. The molecule has 3 aromatic heterocycles. The number of benzene rings is 2. The summed E-state index contributed by atoms with van der Waals surface area (Å²) < 4.78 is 1.82. The van der Waals surface area contributed by atoms with Crippen LogP contribution in [0.3, 0.4) is 0 Å². The molecule has 5 rings (SSSR count). The van der Waals surface area contributed by atoms with Gasteiger partial charge in [0.25, 0.3) is 5.56 Å². The Morgan fingerprint density at radius 3 is 2.67 bits per heavy atom. The lowest BCUT2D eigenvalue weighted by molar-refractivity contribution is 0.688. The Morgan fingerprint density at radius 1 is 1.09 bits per heavy atom. The second kappa shape index (κ2) is 8.05. The van der Waals surface area contributed by atoms with E-state index in [1.807, 2.05) is 60.9 Å². The first kappa shape index (κ1) is 20.7. The highest BCUT2D eigenvalue weighted by molar-refractivity contribution is 5.86. The Bertz CT molecular complexity index is 1550. The van der Waals surface area contributed by atoms with Crippen molar-refractivity contribution in [3.8, 4) is 5.69 Å². The zero-order valence-corrected chi connectivity index (χ0v) is 18.8. The Hall–Kier alpha value is -4.20. The summed E-state index contributed by atoms with van der Waals surface area (Å²) in [6, 6.07) is 15.7. The van der Waals surface area contributed by atoms with Crippen LogP contribution in [0.1, 0.15) is 36.2 Å². The minimum absolute atomic E-state index is 0.0379. The zero-order valence-electron chi connectivity index (χ0n) is 18.8. The van der Waals surface area contributed by atoms with E-state index in [0.717, 1.165) is 33.3 Å². The van der Waals surface area contributed by atoms with Gasteiger partial charge in [0.1, 0.15) is 5.52 Å². The van der Waals surface area contributed by atoms with Crippen LogP contribution in [0.5, 0.6) is 0 Å². The second-order valence-electron chi connectivity index (χ2n) is 8.17. The maximum atomic E-state index is 13.9. The maximum absolute atomic E-state index is 13.9. The predicted molar refractivity (Wildman–Crippen MR) is 132 cm³/mol. The van der Waals surface area contributed by atoms with Crippen LogP contribution in [0.2, 0.25) is 0 Å². The van der Waals surface area contributed by atoms with Crippen LogP contribution in [0.4, 0.5) is 11.8 Å². The van der Waals surface area contributed by atoms with Crippen LogP contribution in [0.15, 0.2) is 59.7 Å². The topological polar surface area (TPSA) is 115 Å². The van der Waals surface area contributed by atoms with Crippen molar-refractivity contribution in [1.82, 2.24) is 24.5 Å². The number of nitrogens with zero attached hydrogens (tertiary/aromatic N) is 4. The van der Waals surface area contributed by atoms with Crippen molar-refractivity contribution in [2.24, 2.45) is 0 Å². The number of nitrogens with two attached hydrogens (primary N) is 1. The third-order valence-electron chi connectivity index (χ3n) is 6.02. The van der Waals surface area contributed by atoms with Crippen LogP contribution in [0.25, 0.3) is 27.6 Å². The molecule has 0 fully saturated rings. The van der Waals surface area contributed by atoms with E-state index in [-0.39, 0.29) is 17.5 Å². The van der Waals surface area contributed by atoms with Crippen LogP contribution >= 0.6 is 0 Å². The van der Waals surface area contributed by atoms with Gasteiger partial charge >= 0.3 is 0 Å². The van der Waals surface area contributed by atoms with Gasteiger partial charge in [-0.15, -0.1) is 0 Å². The highest BCUT2D eigenvalue weighted by Crippen LogP contribution is 2.29. The summed E-state index contributed by atoms with van der Waals surface area (Å²) >= 11 is 0. The summed E-state index contributed by atoms with van der Waals surface area (Å²) in [7, 11) is 0. The Morgan fingerprint density at radius 2 is 1.88 bits per heavy atom.